The maximum absolute atomic E-state index is 3.42. The molecule has 0 saturated heterocycles. The Hall–Kier alpha value is -0.0400. The maximum Gasteiger partial charge on any atom is 0.000511 e. The molecular weight excluding hydrogens is 170 g/mol. The highest BCUT2D eigenvalue weighted by molar-refractivity contribution is 5.04. The van der Waals surface area contributed by atoms with E-state index in [2.05, 4.69) is 26.2 Å². The highest BCUT2D eigenvalue weighted by atomic mass is 14.8. The fourth-order valence-electron chi connectivity index (χ4n) is 3.65. The van der Waals surface area contributed by atoms with Gasteiger partial charge in [0, 0.05) is 6.54 Å². The van der Waals surface area contributed by atoms with Gasteiger partial charge in [0.15, 0.2) is 0 Å². The van der Waals surface area contributed by atoms with E-state index in [4.69, 9.17) is 0 Å². The largest absolute Gasteiger partial charge is 0.319 e. The first kappa shape index (κ1) is 10.5. The highest BCUT2D eigenvalue weighted by Gasteiger charge is 2.53. The van der Waals surface area contributed by atoms with Crippen LogP contribution in [0.4, 0.5) is 0 Å². The van der Waals surface area contributed by atoms with Gasteiger partial charge in [-0.25, -0.2) is 0 Å². The minimum absolute atomic E-state index is 0.678. The van der Waals surface area contributed by atoms with Gasteiger partial charge in [-0.15, -0.1) is 0 Å². The molecule has 3 unspecified atom stereocenters. The molecule has 2 aliphatic carbocycles. The van der Waals surface area contributed by atoms with Crippen molar-refractivity contribution in [3.8, 4) is 0 Å². The van der Waals surface area contributed by atoms with Crippen LogP contribution < -0.4 is 5.32 Å². The second-order valence-corrected chi connectivity index (χ2v) is 5.91. The molecule has 82 valence electrons. The Labute approximate surface area is 88.7 Å². The van der Waals surface area contributed by atoms with Crippen molar-refractivity contribution in [1.29, 1.82) is 0 Å². The lowest BCUT2D eigenvalue weighted by Crippen LogP contribution is -2.33. The summed E-state index contributed by atoms with van der Waals surface area (Å²) in [5, 5.41) is 3.42. The zero-order chi connectivity index (χ0) is 10.2. The van der Waals surface area contributed by atoms with Gasteiger partial charge >= 0.3 is 0 Å². The van der Waals surface area contributed by atoms with Gasteiger partial charge in [-0.3, -0.25) is 0 Å². The molecule has 0 bridgehead atoms. The molecular formula is C13H25N. The molecule has 3 atom stereocenters. The van der Waals surface area contributed by atoms with Crippen LogP contribution in [0.2, 0.25) is 0 Å². The predicted octanol–water partition coefficient (Wildman–Crippen LogP) is 3.06. The Kier molecular flexibility index (Phi) is 2.88. The molecule has 2 saturated carbocycles. The van der Waals surface area contributed by atoms with Crippen LogP contribution >= 0.6 is 0 Å². The molecule has 2 fully saturated rings. The predicted molar refractivity (Wildman–Crippen MR) is 61.3 cm³/mol. The molecule has 1 heteroatoms. The van der Waals surface area contributed by atoms with Gasteiger partial charge in [0.25, 0.3) is 0 Å². The summed E-state index contributed by atoms with van der Waals surface area (Å²) in [6.07, 6.45) is 7.38. The van der Waals surface area contributed by atoms with Crippen LogP contribution in [0.3, 0.4) is 0 Å². The third kappa shape index (κ3) is 1.98. The first-order valence-electron chi connectivity index (χ1n) is 6.34. The zero-order valence-corrected chi connectivity index (χ0v) is 9.97. The minimum Gasteiger partial charge on any atom is -0.319 e. The summed E-state index contributed by atoms with van der Waals surface area (Å²) in [7, 11) is 2.11. The molecule has 0 aliphatic heterocycles. The molecule has 0 amide bonds. The summed E-state index contributed by atoms with van der Waals surface area (Å²) in [5.41, 5.74) is 0.678. The molecule has 0 spiro atoms. The van der Waals surface area contributed by atoms with Crippen molar-refractivity contribution < 1.29 is 0 Å². The van der Waals surface area contributed by atoms with E-state index in [9.17, 15) is 0 Å². The van der Waals surface area contributed by atoms with Crippen molar-refractivity contribution >= 4 is 0 Å². The monoisotopic (exact) mass is 195 g/mol. The molecule has 2 aliphatic rings. The lowest BCUT2D eigenvalue weighted by Gasteiger charge is -2.33. The normalized spacial score (nSPS) is 42.2. The lowest BCUT2D eigenvalue weighted by atomic mass is 9.75. The van der Waals surface area contributed by atoms with Crippen LogP contribution in [-0.2, 0) is 0 Å². The first-order valence-corrected chi connectivity index (χ1v) is 6.34. The van der Waals surface area contributed by atoms with Crippen LogP contribution in [0.25, 0.3) is 0 Å². The van der Waals surface area contributed by atoms with Gasteiger partial charge in [-0.1, -0.05) is 20.3 Å². The fourth-order valence-corrected chi connectivity index (χ4v) is 3.65. The topological polar surface area (TPSA) is 12.0 Å². The van der Waals surface area contributed by atoms with Crippen LogP contribution in [0.5, 0.6) is 0 Å². The van der Waals surface area contributed by atoms with Gasteiger partial charge in [-0.2, -0.15) is 0 Å². The van der Waals surface area contributed by atoms with E-state index < -0.39 is 0 Å². The summed E-state index contributed by atoms with van der Waals surface area (Å²) < 4.78 is 0. The Balaban J connectivity index is 1.93. The molecule has 0 heterocycles. The number of hydrogen-bond acceptors (Lipinski definition) is 1. The molecule has 2 rings (SSSR count). The average molecular weight is 195 g/mol. The third-order valence-corrected chi connectivity index (χ3v) is 4.49. The number of nitrogens with one attached hydrogen (secondary N) is 1. The van der Waals surface area contributed by atoms with Crippen molar-refractivity contribution in [3.63, 3.8) is 0 Å². The second kappa shape index (κ2) is 3.84. The van der Waals surface area contributed by atoms with Crippen molar-refractivity contribution in [1.82, 2.24) is 5.32 Å². The minimum atomic E-state index is 0.678. The van der Waals surface area contributed by atoms with Gasteiger partial charge in [0.1, 0.15) is 0 Å². The number of hydrogen-bond donors (Lipinski definition) is 1. The standard InChI is InChI=1S/C13H25N/c1-4-10(2)6-13(9-14-3)7-11-5-12(11)8-13/h10-12,14H,4-9H2,1-3H3. The van der Waals surface area contributed by atoms with Gasteiger partial charge in [0.2, 0.25) is 0 Å². The quantitative estimate of drug-likeness (QED) is 0.711. The van der Waals surface area contributed by atoms with Gasteiger partial charge in [-0.05, 0) is 55.9 Å². The summed E-state index contributed by atoms with van der Waals surface area (Å²) >= 11 is 0. The van der Waals surface area contributed by atoms with E-state index in [1.54, 1.807) is 6.42 Å². The average Bonchev–Trinajstić information content (AvgIpc) is 2.75. The Morgan fingerprint density at radius 2 is 2.00 bits per heavy atom. The van der Waals surface area contributed by atoms with Crippen LogP contribution in [-0.4, -0.2) is 13.6 Å². The third-order valence-electron chi connectivity index (χ3n) is 4.49. The van der Waals surface area contributed by atoms with Crippen molar-refractivity contribution in [3.05, 3.63) is 0 Å². The fraction of sp³-hybridized carbons (Fsp3) is 1.00. The summed E-state index contributed by atoms with van der Waals surface area (Å²) in [4.78, 5) is 0. The van der Waals surface area contributed by atoms with E-state index in [1.807, 2.05) is 0 Å². The van der Waals surface area contributed by atoms with Gasteiger partial charge in [0.05, 0.1) is 0 Å². The second-order valence-electron chi connectivity index (χ2n) is 5.91. The molecule has 1 nitrogen and oxygen atoms in total. The zero-order valence-electron chi connectivity index (χ0n) is 9.97. The Bertz CT molecular complexity index is 189. The lowest BCUT2D eigenvalue weighted by molar-refractivity contribution is 0.197. The van der Waals surface area contributed by atoms with E-state index in [-0.39, 0.29) is 0 Å². The van der Waals surface area contributed by atoms with E-state index in [1.165, 1.54) is 32.2 Å². The summed E-state index contributed by atoms with van der Waals surface area (Å²) in [6.45, 7) is 6.00. The van der Waals surface area contributed by atoms with Crippen LogP contribution in [0.15, 0.2) is 0 Å². The Morgan fingerprint density at radius 3 is 2.50 bits per heavy atom. The number of rotatable bonds is 5. The SMILES string of the molecule is CCC(C)CC1(CNC)CC2CC2C1. The molecule has 1 N–H and O–H groups in total. The first-order chi connectivity index (χ1) is 6.69. The molecule has 0 aromatic rings. The van der Waals surface area contributed by atoms with E-state index in [0.29, 0.717) is 5.41 Å². The van der Waals surface area contributed by atoms with Crippen molar-refractivity contribution in [2.24, 2.45) is 23.2 Å². The maximum atomic E-state index is 3.42. The summed E-state index contributed by atoms with van der Waals surface area (Å²) in [6, 6.07) is 0. The van der Waals surface area contributed by atoms with Crippen molar-refractivity contribution in [2.75, 3.05) is 13.6 Å². The van der Waals surface area contributed by atoms with Gasteiger partial charge < -0.3 is 5.32 Å². The molecule has 0 radical (unpaired) electrons. The summed E-state index contributed by atoms with van der Waals surface area (Å²) in [5.74, 6) is 3.15. The van der Waals surface area contributed by atoms with Crippen LogP contribution in [0, 0.1) is 23.2 Å². The highest BCUT2D eigenvalue weighted by Crippen LogP contribution is 2.61. The smallest absolute Gasteiger partial charge is 0.000511 e. The molecule has 0 aromatic heterocycles. The molecule has 14 heavy (non-hydrogen) atoms. The van der Waals surface area contributed by atoms with Crippen LogP contribution in [0.1, 0.15) is 46.0 Å². The Morgan fingerprint density at radius 1 is 1.36 bits per heavy atom. The molecule has 0 aromatic carbocycles. The van der Waals surface area contributed by atoms with Crippen molar-refractivity contribution in [2.45, 2.75) is 46.0 Å². The number of fused-ring (bicyclic) bond motifs is 1. The van der Waals surface area contributed by atoms with E-state index in [0.717, 1.165) is 17.8 Å². The van der Waals surface area contributed by atoms with E-state index >= 15 is 0 Å².